The second-order valence-corrected chi connectivity index (χ2v) is 7.52. The SMILES string of the molecule is CCC(=O)N1CCC[C@@H](C(=O)NCC2(SC)CCOCC2)C1. The smallest absolute Gasteiger partial charge is 0.224 e. The van der Waals surface area contributed by atoms with E-state index in [1.165, 1.54) is 0 Å². The maximum absolute atomic E-state index is 12.5. The Bertz CT molecular complexity index is 397. The first-order chi connectivity index (χ1) is 10.6. The third-order valence-corrected chi connectivity index (χ3v) is 6.29. The first-order valence-corrected chi connectivity index (χ1v) is 9.51. The minimum Gasteiger partial charge on any atom is -0.381 e. The molecule has 2 saturated heterocycles. The largest absolute Gasteiger partial charge is 0.381 e. The van der Waals surface area contributed by atoms with Crippen LogP contribution in [0.3, 0.4) is 0 Å². The van der Waals surface area contributed by atoms with Gasteiger partial charge in [-0.15, -0.1) is 0 Å². The molecule has 2 aliphatic heterocycles. The molecule has 1 N–H and O–H groups in total. The molecule has 0 aromatic heterocycles. The van der Waals surface area contributed by atoms with Crippen LogP contribution in [0.15, 0.2) is 0 Å². The highest BCUT2D eigenvalue weighted by Gasteiger charge is 2.34. The molecule has 0 saturated carbocycles. The number of rotatable bonds is 5. The third-order valence-electron chi connectivity index (χ3n) is 4.87. The lowest BCUT2D eigenvalue weighted by atomic mass is 9.95. The van der Waals surface area contributed by atoms with Crippen molar-refractivity contribution in [3.05, 3.63) is 0 Å². The van der Waals surface area contributed by atoms with E-state index in [-0.39, 0.29) is 22.5 Å². The van der Waals surface area contributed by atoms with Crippen molar-refractivity contribution >= 4 is 23.6 Å². The van der Waals surface area contributed by atoms with Gasteiger partial charge >= 0.3 is 0 Å². The first kappa shape index (κ1) is 17.6. The highest BCUT2D eigenvalue weighted by Crippen LogP contribution is 2.33. The van der Waals surface area contributed by atoms with Gasteiger partial charge in [-0.25, -0.2) is 0 Å². The minimum atomic E-state index is -0.0528. The summed E-state index contributed by atoms with van der Waals surface area (Å²) in [5.74, 6) is 0.207. The van der Waals surface area contributed by atoms with Crippen LogP contribution in [0.5, 0.6) is 0 Å². The lowest BCUT2D eigenvalue weighted by Gasteiger charge is -2.37. The van der Waals surface area contributed by atoms with E-state index in [0.717, 1.165) is 45.4 Å². The van der Waals surface area contributed by atoms with Gasteiger partial charge in [0.15, 0.2) is 0 Å². The molecule has 0 aliphatic carbocycles. The predicted octanol–water partition coefficient (Wildman–Crippen LogP) is 1.66. The number of likely N-dealkylation sites (tertiary alicyclic amines) is 1. The lowest BCUT2D eigenvalue weighted by molar-refractivity contribution is -0.135. The Balaban J connectivity index is 1.84. The highest BCUT2D eigenvalue weighted by molar-refractivity contribution is 8.00. The van der Waals surface area contributed by atoms with Crippen LogP contribution in [-0.2, 0) is 14.3 Å². The number of hydrogen-bond acceptors (Lipinski definition) is 4. The van der Waals surface area contributed by atoms with Crippen molar-refractivity contribution in [3.8, 4) is 0 Å². The molecule has 2 fully saturated rings. The Morgan fingerprint density at radius 3 is 2.73 bits per heavy atom. The monoisotopic (exact) mass is 328 g/mol. The molecular formula is C16H28N2O3S. The van der Waals surface area contributed by atoms with Gasteiger partial charge in [0.1, 0.15) is 0 Å². The second-order valence-electron chi connectivity index (χ2n) is 6.25. The standard InChI is InChI=1S/C16H28N2O3S/c1-3-14(19)18-8-4-5-13(11-18)15(20)17-12-16(22-2)6-9-21-10-7-16/h13H,3-12H2,1-2H3,(H,17,20)/t13-/m1/s1. The summed E-state index contributed by atoms with van der Waals surface area (Å²) in [5.41, 5.74) is 0. The molecule has 126 valence electrons. The average molecular weight is 328 g/mol. The van der Waals surface area contributed by atoms with Crippen molar-refractivity contribution in [2.24, 2.45) is 5.92 Å². The summed E-state index contributed by atoms with van der Waals surface area (Å²) in [7, 11) is 0. The molecule has 22 heavy (non-hydrogen) atoms. The molecule has 2 rings (SSSR count). The van der Waals surface area contributed by atoms with Crippen LogP contribution in [0, 0.1) is 5.92 Å². The van der Waals surface area contributed by atoms with E-state index < -0.39 is 0 Å². The molecule has 0 radical (unpaired) electrons. The van der Waals surface area contributed by atoms with Gasteiger partial charge in [-0.3, -0.25) is 9.59 Å². The summed E-state index contributed by atoms with van der Waals surface area (Å²) in [6.45, 7) is 5.50. The summed E-state index contributed by atoms with van der Waals surface area (Å²) in [4.78, 5) is 26.1. The molecule has 5 nitrogen and oxygen atoms in total. The molecule has 2 amide bonds. The van der Waals surface area contributed by atoms with Gasteiger partial charge in [-0.1, -0.05) is 6.92 Å². The molecular weight excluding hydrogens is 300 g/mol. The van der Waals surface area contributed by atoms with Crippen LogP contribution in [0.4, 0.5) is 0 Å². The van der Waals surface area contributed by atoms with E-state index in [1.54, 1.807) is 0 Å². The van der Waals surface area contributed by atoms with Crippen molar-refractivity contribution in [1.29, 1.82) is 0 Å². The van der Waals surface area contributed by atoms with Crippen LogP contribution >= 0.6 is 11.8 Å². The minimum absolute atomic E-state index is 0.0528. The summed E-state index contributed by atoms with van der Waals surface area (Å²) in [5, 5.41) is 3.14. The molecule has 1 atom stereocenters. The van der Waals surface area contributed by atoms with Crippen LogP contribution < -0.4 is 5.32 Å². The Kier molecular flexibility index (Phi) is 6.56. The van der Waals surface area contributed by atoms with Crippen LogP contribution in [0.2, 0.25) is 0 Å². The number of piperidine rings is 1. The van der Waals surface area contributed by atoms with Gasteiger partial charge in [-0.05, 0) is 31.9 Å². The molecule has 0 spiro atoms. The van der Waals surface area contributed by atoms with Gasteiger partial charge in [0.05, 0.1) is 5.92 Å². The Morgan fingerprint density at radius 1 is 1.36 bits per heavy atom. The molecule has 0 bridgehead atoms. The number of hydrogen-bond donors (Lipinski definition) is 1. The second kappa shape index (κ2) is 8.20. The van der Waals surface area contributed by atoms with Crippen molar-refractivity contribution < 1.29 is 14.3 Å². The summed E-state index contributed by atoms with van der Waals surface area (Å²) in [6.07, 6.45) is 6.41. The average Bonchev–Trinajstić information content (AvgIpc) is 2.59. The van der Waals surface area contributed by atoms with Crippen molar-refractivity contribution in [2.45, 2.75) is 43.8 Å². The maximum Gasteiger partial charge on any atom is 0.224 e. The quantitative estimate of drug-likeness (QED) is 0.834. The van der Waals surface area contributed by atoms with Crippen molar-refractivity contribution in [3.63, 3.8) is 0 Å². The molecule has 0 unspecified atom stereocenters. The zero-order chi connectivity index (χ0) is 16.0. The topological polar surface area (TPSA) is 58.6 Å². The predicted molar refractivity (Wildman–Crippen MR) is 88.9 cm³/mol. The van der Waals surface area contributed by atoms with Crippen molar-refractivity contribution in [2.75, 3.05) is 39.1 Å². The van der Waals surface area contributed by atoms with E-state index >= 15 is 0 Å². The number of amides is 2. The summed E-state index contributed by atoms with van der Waals surface area (Å²) < 4.78 is 5.54. The molecule has 2 heterocycles. The van der Waals surface area contributed by atoms with E-state index in [2.05, 4.69) is 11.6 Å². The van der Waals surface area contributed by atoms with Gasteiger partial charge in [0.25, 0.3) is 0 Å². The zero-order valence-electron chi connectivity index (χ0n) is 13.7. The zero-order valence-corrected chi connectivity index (χ0v) is 14.5. The van der Waals surface area contributed by atoms with Crippen LogP contribution in [0.25, 0.3) is 0 Å². The number of carbonyl (C=O) groups is 2. The number of carbonyl (C=O) groups excluding carboxylic acids is 2. The number of ether oxygens (including phenoxy) is 1. The van der Waals surface area contributed by atoms with Gasteiger partial charge in [-0.2, -0.15) is 11.8 Å². The van der Waals surface area contributed by atoms with Gasteiger partial charge in [0.2, 0.25) is 11.8 Å². The number of nitrogens with one attached hydrogen (secondary N) is 1. The fourth-order valence-electron chi connectivity index (χ4n) is 3.23. The third kappa shape index (κ3) is 4.38. The fourth-order valence-corrected chi connectivity index (χ4v) is 4.02. The highest BCUT2D eigenvalue weighted by atomic mass is 32.2. The first-order valence-electron chi connectivity index (χ1n) is 8.28. The van der Waals surface area contributed by atoms with Crippen LogP contribution in [-0.4, -0.2) is 60.6 Å². The Labute approximate surface area is 137 Å². The number of nitrogens with zero attached hydrogens (tertiary/aromatic N) is 1. The van der Waals surface area contributed by atoms with E-state index in [4.69, 9.17) is 4.74 Å². The summed E-state index contributed by atoms with van der Waals surface area (Å²) in [6, 6.07) is 0. The normalized spacial score (nSPS) is 24.8. The maximum atomic E-state index is 12.5. The fraction of sp³-hybridized carbons (Fsp3) is 0.875. The number of thioether (sulfide) groups is 1. The van der Waals surface area contributed by atoms with E-state index in [9.17, 15) is 9.59 Å². The lowest BCUT2D eigenvalue weighted by Crippen LogP contribution is -2.49. The van der Waals surface area contributed by atoms with Gasteiger partial charge < -0.3 is 15.0 Å². The van der Waals surface area contributed by atoms with E-state index in [1.807, 2.05) is 23.6 Å². The Morgan fingerprint density at radius 2 is 2.09 bits per heavy atom. The van der Waals surface area contributed by atoms with E-state index in [0.29, 0.717) is 19.5 Å². The summed E-state index contributed by atoms with van der Waals surface area (Å²) >= 11 is 1.83. The van der Waals surface area contributed by atoms with Crippen molar-refractivity contribution in [1.82, 2.24) is 10.2 Å². The molecule has 6 heteroatoms. The molecule has 0 aromatic carbocycles. The van der Waals surface area contributed by atoms with Gasteiger partial charge in [0, 0.05) is 44.0 Å². The Hall–Kier alpha value is -0.750. The van der Waals surface area contributed by atoms with Crippen LogP contribution in [0.1, 0.15) is 39.0 Å². The molecule has 2 aliphatic rings. The molecule has 0 aromatic rings.